The Labute approximate surface area is 71.4 Å². The Hall–Kier alpha value is 0. The Kier molecular flexibility index (Phi) is 3.42. The summed E-state index contributed by atoms with van der Waals surface area (Å²) in [5.41, 5.74) is 0. The lowest BCUT2D eigenvalue weighted by Gasteiger charge is -2.17. The molecule has 1 fully saturated rings. The Bertz CT molecular complexity index is 107. The van der Waals surface area contributed by atoms with Crippen molar-refractivity contribution in [3.8, 4) is 0 Å². The van der Waals surface area contributed by atoms with Crippen LogP contribution in [0.4, 0.5) is 0 Å². The first-order valence-electron chi connectivity index (χ1n) is 5.24. The van der Waals surface area contributed by atoms with Crippen molar-refractivity contribution in [2.75, 3.05) is 0 Å². The molecule has 1 saturated carbocycles. The minimum absolute atomic E-state index is 0.991. The molecule has 0 heteroatoms. The molecule has 1 aliphatic rings. The van der Waals surface area contributed by atoms with Crippen molar-refractivity contribution < 1.29 is 0 Å². The molecule has 0 spiro atoms. The summed E-state index contributed by atoms with van der Waals surface area (Å²) in [6.07, 6.45) is 7.30. The molecule has 1 unspecified atom stereocenters. The van der Waals surface area contributed by atoms with Crippen molar-refractivity contribution in [1.82, 2.24) is 0 Å². The van der Waals surface area contributed by atoms with Crippen LogP contribution in [0.3, 0.4) is 0 Å². The number of hydrogen-bond donors (Lipinski definition) is 0. The molecule has 1 rings (SSSR count). The van der Waals surface area contributed by atoms with E-state index in [2.05, 4.69) is 20.8 Å². The highest BCUT2D eigenvalue weighted by molar-refractivity contribution is 4.76. The van der Waals surface area contributed by atoms with Gasteiger partial charge in [0, 0.05) is 0 Å². The van der Waals surface area contributed by atoms with E-state index >= 15 is 0 Å². The molecule has 0 nitrogen and oxygen atoms in total. The van der Waals surface area contributed by atoms with E-state index in [1.807, 2.05) is 0 Å². The lowest BCUT2D eigenvalue weighted by atomic mass is 9.88. The molecule has 66 valence electrons. The van der Waals surface area contributed by atoms with Crippen LogP contribution >= 0.6 is 0 Å². The summed E-state index contributed by atoms with van der Waals surface area (Å²) in [5.74, 6) is 3.06. The van der Waals surface area contributed by atoms with E-state index in [4.69, 9.17) is 0 Å². The summed E-state index contributed by atoms with van der Waals surface area (Å²) < 4.78 is 0. The average molecular weight is 154 g/mol. The Morgan fingerprint density at radius 1 is 1.36 bits per heavy atom. The van der Waals surface area contributed by atoms with Gasteiger partial charge in [0.2, 0.25) is 0 Å². The van der Waals surface area contributed by atoms with Crippen LogP contribution in [0.5, 0.6) is 0 Å². The standard InChI is InChI=1S/C11H22/c1-4-5-10(3)11-7-6-9(2)8-11/h9-11H,4-8H2,1-3H3/t9-,10+,11?/m0/s1. The van der Waals surface area contributed by atoms with Crippen molar-refractivity contribution in [3.05, 3.63) is 0 Å². The van der Waals surface area contributed by atoms with E-state index in [1.165, 1.54) is 32.1 Å². The van der Waals surface area contributed by atoms with E-state index in [1.54, 1.807) is 0 Å². The first kappa shape index (κ1) is 9.09. The monoisotopic (exact) mass is 154 g/mol. The second kappa shape index (κ2) is 4.13. The third kappa shape index (κ3) is 2.50. The molecule has 1 aliphatic carbocycles. The normalized spacial score (nSPS) is 34.1. The maximum Gasteiger partial charge on any atom is -0.0386 e. The third-order valence-corrected chi connectivity index (χ3v) is 3.28. The van der Waals surface area contributed by atoms with E-state index in [9.17, 15) is 0 Å². The smallest absolute Gasteiger partial charge is 0.0386 e. The molecular formula is C11H22. The predicted molar refractivity (Wildman–Crippen MR) is 50.6 cm³/mol. The SMILES string of the molecule is CCC[C@@H](C)C1CC[C@H](C)C1. The molecule has 0 aromatic carbocycles. The maximum absolute atomic E-state index is 2.44. The van der Waals surface area contributed by atoms with Crippen LogP contribution in [-0.4, -0.2) is 0 Å². The third-order valence-electron chi connectivity index (χ3n) is 3.28. The molecule has 0 heterocycles. The highest BCUT2D eigenvalue weighted by Gasteiger charge is 2.25. The molecule has 0 radical (unpaired) electrons. The van der Waals surface area contributed by atoms with Gasteiger partial charge in [0.05, 0.1) is 0 Å². The molecule has 0 saturated heterocycles. The molecule has 0 aliphatic heterocycles. The second-order valence-electron chi connectivity index (χ2n) is 4.44. The number of rotatable bonds is 3. The highest BCUT2D eigenvalue weighted by Crippen LogP contribution is 2.36. The number of hydrogen-bond acceptors (Lipinski definition) is 0. The molecule has 3 atom stereocenters. The van der Waals surface area contributed by atoms with Gasteiger partial charge in [-0.3, -0.25) is 0 Å². The fourth-order valence-electron chi connectivity index (χ4n) is 2.46. The summed E-state index contributed by atoms with van der Waals surface area (Å²) in [6, 6.07) is 0. The van der Waals surface area contributed by atoms with Crippen molar-refractivity contribution in [2.45, 2.75) is 52.9 Å². The summed E-state index contributed by atoms with van der Waals surface area (Å²) in [6.45, 7) is 7.14. The van der Waals surface area contributed by atoms with E-state index < -0.39 is 0 Å². The van der Waals surface area contributed by atoms with Gasteiger partial charge in [0.1, 0.15) is 0 Å². The maximum atomic E-state index is 2.44. The summed E-state index contributed by atoms with van der Waals surface area (Å²) in [5, 5.41) is 0. The second-order valence-corrected chi connectivity index (χ2v) is 4.44. The first-order valence-corrected chi connectivity index (χ1v) is 5.24. The van der Waals surface area contributed by atoms with Crippen LogP contribution in [0.15, 0.2) is 0 Å². The minimum atomic E-state index is 0.991. The minimum Gasteiger partial charge on any atom is -0.0654 e. The molecule has 0 amide bonds. The van der Waals surface area contributed by atoms with Gasteiger partial charge in [0.25, 0.3) is 0 Å². The van der Waals surface area contributed by atoms with Gasteiger partial charge < -0.3 is 0 Å². The summed E-state index contributed by atoms with van der Waals surface area (Å²) in [4.78, 5) is 0. The fourth-order valence-corrected chi connectivity index (χ4v) is 2.46. The van der Waals surface area contributed by atoms with Crippen LogP contribution in [0.1, 0.15) is 52.9 Å². The van der Waals surface area contributed by atoms with Gasteiger partial charge in [-0.05, 0) is 30.6 Å². The molecule has 11 heavy (non-hydrogen) atoms. The largest absolute Gasteiger partial charge is 0.0654 e. The van der Waals surface area contributed by atoms with Gasteiger partial charge in [-0.25, -0.2) is 0 Å². The van der Waals surface area contributed by atoms with Gasteiger partial charge in [-0.15, -0.1) is 0 Å². The van der Waals surface area contributed by atoms with Crippen LogP contribution in [0.25, 0.3) is 0 Å². The molecule has 0 aromatic rings. The summed E-state index contributed by atoms with van der Waals surface area (Å²) in [7, 11) is 0. The highest BCUT2D eigenvalue weighted by atomic mass is 14.3. The lowest BCUT2D eigenvalue weighted by molar-refractivity contribution is 0.334. The topological polar surface area (TPSA) is 0 Å². The quantitative estimate of drug-likeness (QED) is 0.579. The van der Waals surface area contributed by atoms with Crippen molar-refractivity contribution in [3.63, 3.8) is 0 Å². The summed E-state index contributed by atoms with van der Waals surface area (Å²) >= 11 is 0. The van der Waals surface area contributed by atoms with Gasteiger partial charge in [-0.2, -0.15) is 0 Å². The Morgan fingerprint density at radius 3 is 2.55 bits per heavy atom. The molecule has 0 aromatic heterocycles. The average Bonchev–Trinajstić information content (AvgIpc) is 2.36. The van der Waals surface area contributed by atoms with E-state index in [-0.39, 0.29) is 0 Å². The van der Waals surface area contributed by atoms with Gasteiger partial charge in [0.15, 0.2) is 0 Å². The van der Waals surface area contributed by atoms with Crippen LogP contribution in [-0.2, 0) is 0 Å². The van der Waals surface area contributed by atoms with Crippen LogP contribution < -0.4 is 0 Å². The van der Waals surface area contributed by atoms with Crippen molar-refractivity contribution >= 4 is 0 Å². The van der Waals surface area contributed by atoms with Crippen LogP contribution in [0, 0.1) is 17.8 Å². The zero-order valence-corrected chi connectivity index (χ0v) is 8.27. The zero-order chi connectivity index (χ0) is 8.27. The van der Waals surface area contributed by atoms with Gasteiger partial charge >= 0.3 is 0 Å². The fraction of sp³-hybridized carbons (Fsp3) is 1.00. The zero-order valence-electron chi connectivity index (χ0n) is 8.27. The van der Waals surface area contributed by atoms with E-state index in [0.717, 1.165) is 17.8 Å². The Morgan fingerprint density at radius 2 is 2.09 bits per heavy atom. The van der Waals surface area contributed by atoms with Crippen LogP contribution in [0.2, 0.25) is 0 Å². The van der Waals surface area contributed by atoms with Crippen molar-refractivity contribution in [2.24, 2.45) is 17.8 Å². The lowest BCUT2D eigenvalue weighted by Crippen LogP contribution is -2.07. The first-order chi connectivity index (χ1) is 5.24. The molecule has 0 bridgehead atoms. The molecular weight excluding hydrogens is 132 g/mol. The van der Waals surface area contributed by atoms with Gasteiger partial charge in [-0.1, -0.05) is 40.0 Å². The Balaban J connectivity index is 2.25. The molecule has 0 N–H and O–H groups in total. The predicted octanol–water partition coefficient (Wildman–Crippen LogP) is 3.86. The van der Waals surface area contributed by atoms with E-state index in [0.29, 0.717) is 0 Å². The van der Waals surface area contributed by atoms with Crippen molar-refractivity contribution in [1.29, 1.82) is 0 Å².